The van der Waals surface area contributed by atoms with E-state index in [9.17, 15) is 11.0 Å². The molecule has 6 nitrogen and oxygen atoms in total. The van der Waals surface area contributed by atoms with Crippen molar-refractivity contribution in [1.29, 1.82) is 0 Å². The fraction of sp³-hybridized carbons (Fsp3) is 0.367. The van der Waals surface area contributed by atoms with E-state index in [0.717, 1.165) is 5.56 Å². The molecule has 2 atom stereocenters. The molecule has 4 rings (SSSR count). The third-order valence-electron chi connectivity index (χ3n) is 6.09. The molecule has 2 aromatic carbocycles. The van der Waals surface area contributed by atoms with Crippen LogP contribution < -0.4 is 4.74 Å². The molecule has 1 saturated carbocycles. The Morgan fingerprint density at radius 3 is 2.69 bits per heavy atom. The van der Waals surface area contributed by atoms with Crippen molar-refractivity contribution in [3.8, 4) is 16.9 Å². The molecule has 3 aromatic rings. The van der Waals surface area contributed by atoms with E-state index in [4.69, 9.17) is 14.0 Å². The Morgan fingerprint density at radius 2 is 1.92 bits per heavy atom. The Kier molecular flexibility index (Phi) is 7.33. The second-order valence-electron chi connectivity index (χ2n) is 8.67. The van der Waals surface area contributed by atoms with Gasteiger partial charge in [0, 0.05) is 52.2 Å². The van der Waals surface area contributed by atoms with Gasteiger partial charge in [-0.1, -0.05) is 55.3 Å². The lowest BCUT2D eigenvalue weighted by Gasteiger charge is -2.30. The van der Waals surface area contributed by atoms with Gasteiger partial charge in [-0.25, -0.2) is 0 Å². The third-order valence-corrected chi connectivity index (χ3v) is 6.09. The van der Waals surface area contributed by atoms with Crippen LogP contribution >= 0.6 is 0 Å². The zero-order valence-electron chi connectivity index (χ0n) is 24.2. The van der Waals surface area contributed by atoms with E-state index >= 15 is 0 Å². The Morgan fingerprint density at radius 1 is 1.08 bits per heavy atom. The third kappa shape index (κ3) is 6.72. The van der Waals surface area contributed by atoms with Gasteiger partial charge in [-0.15, -0.1) is 0 Å². The first-order valence-electron chi connectivity index (χ1n) is 14.4. The number of carboxylic acid groups (broad SMARTS) is 1. The summed E-state index contributed by atoms with van der Waals surface area (Å²) in [5, 5.41) is 8.82. The molecule has 6 heteroatoms. The molecule has 1 aromatic heterocycles. The second kappa shape index (κ2) is 12.9. The summed E-state index contributed by atoms with van der Waals surface area (Å²) >= 11 is 0. The van der Waals surface area contributed by atoms with Crippen LogP contribution in [0.1, 0.15) is 72.7 Å². The number of hydrogen-bond acceptors (Lipinski definition) is 4. The van der Waals surface area contributed by atoms with E-state index in [2.05, 4.69) is 4.98 Å². The van der Waals surface area contributed by atoms with Gasteiger partial charge in [0.15, 0.2) is 0 Å². The minimum Gasteiger partial charge on any atom is -0.493 e. The molecule has 1 aliphatic carbocycles. The van der Waals surface area contributed by atoms with Gasteiger partial charge in [-0.05, 0) is 55.8 Å². The maximum atomic E-state index is 14.3. The number of unbranched alkanes of at least 4 members (excludes halogenated alkanes) is 2. The summed E-state index contributed by atoms with van der Waals surface area (Å²) in [5.41, 5.74) is 2.30. The number of pyridine rings is 1. The van der Waals surface area contributed by atoms with Crippen LogP contribution in [0, 0.1) is 0 Å². The Balaban J connectivity index is 1.66. The van der Waals surface area contributed by atoms with Crippen molar-refractivity contribution in [1.82, 2.24) is 9.88 Å². The number of hydrogen-bond donors (Lipinski definition) is 1. The van der Waals surface area contributed by atoms with Crippen LogP contribution in [0.25, 0.3) is 11.1 Å². The molecule has 0 aliphatic heterocycles. The van der Waals surface area contributed by atoms with Gasteiger partial charge >= 0.3 is 5.97 Å². The number of carbonyl (C=O) groups is 2. The normalized spacial score (nSPS) is 22.1. The van der Waals surface area contributed by atoms with E-state index in [1.54, 1.807) is 60.9 Å². The largest absolute Gasteiger partial charge is 0.493 e. The lowest BCUT2D eigenvalue weighted by atomic mass is 9.99. The van der Waals surface area contributed by atoms with Crippen molar-refractivity contribution in [2.75, 3.05) is 6.61 Å². The molecule has 188 valence electrons. The van der Waals surface area contributed by atoms with Crippen molar-refractivity contribution >= 4 is 11.9 Å². The van der Waals surface area contributed by atoms with Crippen molar-refractivity contribution < 1.29 is 24.9 Å². The number of aliphatic carboxylic acids is 1. The number of carboxylic acids is 1. The summed E-state index contributed by atoms with van der Waals surface area (Å²) in [7, 11) is 0. The molecule has 1 heterocycles. The van der Waals surface area contributed by atoms with Gasteiger partial charge in [0.1, 0.15) is 5.75 Å². The molecule has 2 unspecified atom stereocenters. The quantitative estimate of drug-likeness (QED) is 0.299. The first kappa shape index (κ1) is 20.5. The summed E-state index contributed by atoms with van der Waals surface area (Å²) in [5.74, 6) is -0.813. The standard InChI is InChI=1S/C30H34N2O4/c33-29(34)18-2-1-9-20-36-28-17-8-3-11-24(28)22-32(25-13-4-5-14-25)30(35)27-16-7-6-15-26(27)23-12-10-19-31-21-23/h3,6-8,10-12,15-17,19,21,25H,1-2,4-5,9,13-14,18,20,22H2,(H,33,34)/i4D,13D2,25D. The van der Waals surface area contributed by atoms with Crippen molar-refractivity contribution in [2.45, 2.75) is 63.9 Å². The summed E-state index contributed by atoms with van der Waals surface area (Å²) in [4.78, 5) is 30.5. The molecule has 1 aliphatic rings. The zero-order valence-corrected chi connectivity index (χ0v) is 20.2. The fourth-order valence-electron chi connectivity index (χ4n) is 4.25. The number of rotatable bonds is 12. The number of benzene rings is 2. The number of nitrogens with zero attached hydrogens (tertiary/aromatic N) is 2. The SMILES string of the molecule is [2H]C1CCC([2H])(N(Cc2ccccc2OCCCCCC(=O)O)C(=O)c2ccccc2-c2cccnc2)C1([2H])[2H]. The molecule has 0 saturated heterocycles. The van der Waals surface area contributed by atoms with E-state index in [1.165, 1.54) is 4.90 Å². The summed E-state index contributed by atoms with van der Waals surface area (Å²) in [6, 6.07) is 15.8. The van der Waals surface area contributed by atoms with Gasteiger partial charge in [0.2, 0.25) is 0 Å². The van der Waals surface area contributed by atoms with E-state index in [0.29, 0.717) is 48.3 Å². The smallest absolute Gasteiger partial charge is 0.303 e. The van der Waals surface area contributed by atoms with Crippen LogP contribution in [0.15, 0.2) is 73.1 Å². The molecule has 36 heavy (non-hydrogen) atoms. The van der Waals surface area contributed by atoms with E-state index in [1.807, 2.05) is 12.1 Å². The van der Waals surface area contributed by atoms with Crippen LogP contribution in [0.3, 0.4) is 0 Å². The summed E-state index contributed by atoms with van der Waals surface area (Å²) < 4.78 is 41.0. The highest BCUT2D eigenvalue weighted by atomic mass is 16.5. The average molecular weight is 491 g/mol. The molecule has 1 N–H and O–H groups in total. The van der Waals surface area contributed by atoms with Crippen molar-refractivity contribution in [2.24, 2.45) is 0 Å². The maximum Gasteiger partial charge on any atom is 0.303 e. The summed E-state index contributed by atoms with van der Waals surface area (Å²) in [6.07, 6.45) is 2.13. The van der Waals surface area contributed by atoms with Crippen LogP contribution in [0.4, 0.5) is 0 Å². The van der Waals surface area contributed by atoms with Crippen LogP contribution in [-0.2, 0) is 11.3 Å². The van der Waals surface area contributed by atoms with Gasteiger partial charge < -0.3 is 14.7 Å². The molecule has 0 radical (unpaired) electrons. The molecular formula is C30H34N2O4. The first-order valence-corrected chi connectivity index (χ1v) is 12.3. The van der Waals surface area contributed by atoms with E-state index in [-0.39, 0.29) is 25.8 Å². The van der Waals surface area contributed by atoms with Crippen molar-refractivity contribution in [3.63, 3.8) is 0 Å². The maximum absolute atomic E-state index is 14.3. The molecule has 1 amide bonds. The minimum absolute atomic E-state index is 0.0293. The molecule has 0 bridgehead atoms. The highest BCUT2D eigenvalue weighted by Gasteiger charge is 2.29. The minimum atomic E-state index is -2.26. The predicted octanol–water partition coefficient (Wildman–Crippen LogP) is 6.36. The fourth-order valence-corrected chi connectivity index (χ4v) is 4.25. The first-order chi connectivity index (χ1) is 19.1. The number of amides is 1. The molecule has 0 spiro atoms. The highest BCUT2D eigenvalue weighted by molar-refractivity contribution is 6.01. The number of para-hydroxylation sites is 1. The Labute approximate surface area is 218 Å². The zero-order chi connectivity index (χ0) is 28.8. The van der Waals surface area contributed by atoms with Gasteiger partial charge in [-0.2, -0.15) is 0 Å². The second-order valence-corrected chi connectivity index (χ2v) is 8.67. The number of ether oxygens (including phenoxy) is 1. The Hall–Kier alpha value is -3.67. The topological polar surface area (TPSA) is 79.7 Å². The average Bonchev–Trinajstić information content (AvgIpc) is 3.17. The highest BCUT2D eigenvalue weighted by Crippen LogP contribution is 2.31. The molecular weight excluding hydrogens is 452 g/mol. The number of aromatic nitrogens is 1. The number of carbonyl (C=O) groups excluding carboxylic acids is 1. The Bertz CT molecular complexity index is 1320. The lowest BCUT2D eigenvalue weighted by molar-refractivity contribution is -0.137. The molecule has 1 fully saturated rings. The van der Waals surface area contributed by atoms with Crippen LogP contribution in [0.5, 0.6) is 5.75 Å². The van der Waals surface area contributed by atoms with E-state index < -0.39 is 30.7 Å². The lowest BCUT2D eigenvalue weighted by Crippen LogP contribution is -2.38. The van der Waals surface area contributed by atoms with Crippen LogP contribution in [-0.4, -0.2) is 39.5 Å². The van der Waals surface area contributed by atoms with Gasteiger partial charge in [-0.3, -0.25) is 14.6 Å². The summed E-state index contributed by atoms with van der Waals surface area (Å²) in [6.45, 7) is 0.279. The monoisotopic (exact) mass is 490 g/mol. The predicted molar refractivity (Wildman–Crippen MR) is 140 cm³/mol. The van der Waals surface area contributed by atoms with Crippen LogP contribution in [0.2, 0.25) is 0 Å². The van der Waals surface area contributed by atoms with Gasteiger partial charge in [0.25, 0.3) is 5.91 Å². The van der Waals surface area contributed by atoms with Crippen molar-refractivity contribution in [3.05, 3.63) is 84.2 Å². The van der Waals surface area contributed by atoms with Gasteiger partial charge in [0.05, 0.1) is 7.98 Å².